The van der Waals surface area contributed by atoms with Crippen LogP contribution in [0.3, 0.4) is 0 Å². The van der Waals surface area contributed by atoms with Gasteiger partial charge < -0.3 is 0 Å². The first-order valence-electron chi connectivity index (χ1n) is 15.3. The van der Waals surface area contributed by atoms with E-state index in [1.807, 2.05) is 24.3 Å². The molecule has 0 atom stereocenters. The Labute approximate surface area is 268 Å². The van der Waals surface area contributed by atoms with Gasteiger partial charge in [0.15, 0.2) is 11.6 Å². The average Bonchev–Trinajstić information content (AvgIpc) is 3.09. The maximum atomic E-state index is 5.04. The van der Waals surface area contributed by atoms with Gasteiger partial charge in [0, 0.05) is 33.4 Å². The normalized spacial score (nSPS) is 11.0. The Hall–Kier alpha value is -5.88. The summed E-state index contributed by atoms with van der Waals surface area (Å²) in [6.07, 6.45) is 0. The van der Waals surface area contributed by atoms with Gasteiger partial charge in [-0.05, 0) is 27.7 Å². The molecule has 7 aromatic rings. The van der Waals surface area contributed by atoms with Crippen LogP contribution in [-0.2, 0) is 0 Å². The third kappa shape index (κ3) is 5.93. The van der Waals surface area contributed by atoms with Crippen molar-refractivity contribution >= 4 is 0 Å². The number of rotatable bonds is 6. The highest BCUT2D eigenvalue weighted by atomic mass is 15.2. The number of hydrogen-bond donors (Lipinski definition) is 0. The van der Waals surface area contributed by atoms with Gasteiger partial charge in [-0.15, -0.1) is 20.4 Å². The Balaban J connectivity index is 1.27. The van der Waals surface area contributed by atoms with Crippen LogP contribution in [0.25, 0.3) is 67.8 Å². The molecule has 0 saturated heterocycles. The van der Waals surface area contributed by atoms with E-state index >= 15 is 0 Å². The van der Waals surface area contributed by atoms with Gasteiger partial charge in [-0.3, -0.25) is 0 Å². The van der Waals surface area contributed by atoms with Gasteiger partial charge in [-0.1, -0.05) is 144 Å². The molecule has 222 valence electrons. The molecule has 0 spiro atoms. The van der Waals surface area contributed by atoms with Crippen LogP contribution < -0.4 is 0 Å². The van der Waals surface area contributed by atoms with Gasteiger partial charge in [0.1, 0.15) is 22.8 Å². The molecule has 46 heavy (non-hydrogen) atoms. The number of aromatic nitrogens is 6. The van der Waals surface area contributed by atoms with Crippen molar-refractivity contribution in [2.75, 3.05) is 0 Å². The molecule has 0 unspecified atom stereocenters. The lowest BCUT2D eigenvalue weighted by Gasteiger charge is -2.12. The maximum absolute atomic E-state index is 5.04. The molecule has 0 fully saturated rings. The van der Waals surface area contributed by atoms with E-state index in [1.54, 1.807) is 0 Å². The van der Waals surface area contributed by atoms with Gasteiger partial charge in [0.25, 0.3) is 0 Å². The molecule has 0 aliphatic heterocycles. The summed E-state index contributed by atoms with van der Waals surface area (Å²) in [7, 11) is 0. The highest BCUT2D eigenvalue weighted by Crippen LogP contribution is 2.33. The first kappa shape index (κ1) is 28.9. The molecule has 0 N–H and O–H groups in total. The second-order valence-electron chi connectivity index (χ2n) is 11.7. The number of benzene rings is 5. The summed E-state index contributed by atoms with van der Waals surface area (Å²) in [4.78, 5) is 10.1. The largest absolute Gasteiger partial charge is 0.224 e. The summed E-state index contributed by atoms with van der Waals surface area (Å²) in [5.41, 5.74) is 13.5. The third-order valence-corrected chi connectivity index (χ3v) is 8.07. The van der Waals surface area contributed by atoms with E-state index in [0.29, 0.717) is 11.6 Å². The molecule has 7 rings (SSSR count). The summed E-state index contributed by atoms with van der Waals surface area (Å²) >= 11 is 0. The molecular weight excluding hydrogens is 564 g/mol. The average molecular weight is 597 g/mol. The van der Waals surface area contributed by atoms with Crippen molar-refractivity contribution in [1.29, 1.82) is 0 Å². The molecular formula is C40H32N6. The van der Waals surface area contributed by atoms with Gasteiger partial charge in [-0.2, -0.15) is 0 Å². The maximum Gasteiger partial charge on any atom is 0.182 e. The molecule has 2 heterocycles. The molecule has 0 aliphatic carbocycles. The van der Waals surface area contributed by atoms with Crippen LogP contribution in [0.1, 0.15) is 22.3 Å². The van der Waals surface area contributed by atoms with E-state index in [1.165, 1.54) is 22.3 Å². The lowest BCUT2D eigenvalue weighted by atomic mass is 10.0. The lowest BCUT2D eigenvalue weighted by Crippen LogP contribution is -2.01. The Kier molecular flexibility index (Phi) is 7.69. The Morgan fingerprint density at radius 2 is 0.500 bits per heavy atom. The predicted molar refractivity (Wildman–Crippen MR) is 185 cm³/mol. The Morgan fingerprint density at radius 3 is 0.783 bits per heavy atom. The fourth-order valence-electron chi connectivity index (χ4n) is 5.30. The summed E-state index contributed by atoms with van der Waals surface area (Å²) < 4.78 is 0. The summed E-state index contributed by atoms with van der Waals surface area (Å²) in [6, 6.07) is 41.2. The van der Waals surface area contributed by atoms with E-state index in [-0.39, 0.29) is 0 Å². The van der Waals surface area contributed by atoms with Crippen molar-refractivity contribution < 1.29 is 0 Å². The minimum absolute atomic E-state index is 0.548. The minimum atomic E-state index is 0.548. The summed E-state index contributed by atoms with van der Waals surface area (Å²) in [6.45, 7) is 8.30. The zero-order chi connectivity index (χ0) is 31.6. The fraction of sp³-hybridized carbons (Fsp3) is 0.100. The van der Waals surface area contributed by atoms with Crippen molar-refractivity contribution in [1.82, 2.24) is 30.4 Å². The highest BCUT2D eigenvalue weighted by Gasteiger charge is 2.17. The molecule has 0 saturated carbocycles. The van der Waals surface area contributed by atoms with Crippen molar-refractivity contribution in [2.24, 2.45) is 0 Å². The number of nitrogens with zero attached hydrogens (tertiary/aromatic N) is 6. The monoisotopic (exact) mass is 596 g/mol. The number of aryl methyl sites for hydroxylation is 4. The van der Waals surface area contributed by atoms with Crippen LogP contribution in [0.15, 0.2) is 121 Å². The molecule has 6 heteroatoms. The van der Waals surface area contributed by atoms with Gasteiger partial charge in [0.2, 0.25) is 0 Å². The standard InChI is InChI=1S/C40H32N6/c1-25-5-13-29(14-6-25)35-37(31-17-9-27(3)10-18-31)43-45-39(41-35)33-21-23-34(24-22-33)40-42-36(30-15-7-26(2)8-16-30)38(44-46-40)32-19-11-28(4)12-20-32/h5-24H,1-4H3. The van der Waals surface area contributed by atoms with E-state index in [2.05, 4.69) is 145 Å². The van der Waals surface area contributed by atoms with Crippen LogP contribution in [-0.4, -0.2) is 30.4 Å². The van der Waals surface area contributed by atoms with E-state index in [0.717, 1.165) is 56.2 Å². The van der Waals surface area contributed by atoms with Crippen LogP contribution in [0, 0.1) is 27.7 Å². The zero-order valence-corrected chi connectivity index (χ0v) is 26.2. The van der Waals surface area contributed by atoms with Crippen molar-refractivity contribution in [3.63, 3.8) is 0 Å². The molecule has 6 nitrogen and oxygen atoms in total. The Morgan fingerprint density at radius 1 is 0.261 bits per heavy atom. The second-order valence-corrected chi connectivity index (χ2v) is 11.7. The van der Waals surface area contributed by atoms with Gasteiger partial charge >= 0.3 is 0 Å². The second kappa shape index (κ2) is 12.3. The van der Waals surface area contributed by atoms with Gasteiger partial charge in [-0.25, -0.2) is 9.97 Å². The first-order chi connectivity index (χ1) is 22.4. The van der Waals surface area contributed by atoms with E-state index in [9.17, 15) is 0 Å². The fourth-order valence-corrected chi connectivity index (χ4v) is 5.30. The zero-order valence-electron chi connectivity index (χ0n) is 26.2. The molecule has 2 aromatic heterocycles. The van der Waals surface area contributed by atoms with E-state index in [4.69, 9.17) is 9.97 Å². The summed E-state index contributed by atoms with van der Waals surface area (Å²) in [5.74, 6) is 1.10. The van der Waals surface area contributed by atoms with Crippen LogP contribution in [0.4, 0.5) is 0 Å². The SMILES string of the molecule is Cc1ccc(-c2nnc(-c3ccc(-c4nnc(-c5ccc(C)cc5)c(-c5ccc(C)cc5)n4)cc3)nc2-c2ccc(C)cc2)cc1. The molecule has 0 aliphatic rings. The van der Waals surface area contributed by atoms with Crippen molar-refractivity contribution in [3.05, 3.63) is 144 Å². The predicted octanol–water partition coefficient (Wildman–Crippen LogP) is 9.29. The van der Waals surface area contributed by atoms with E-state index < -0.39 is 0 Å². The van der Waals surface area contributed by atoms with Crippen LogP contribution in [0.2, 0.25) is 0 Å². The van der Waals surface area contributed by atoms with Crippen LogP contribution in [0.5, 0.6) is 0 Å². The Bertz CT molecular complexity index is 1980. The van der Waals surface area contributed by atoms with Crippen molar-refractivity contribution in [3.8, 4) is 67.8 Å². The lowest BCUT2D eigenvalue weighted by molar-refractivity contribution is 0.987. The third-order valence-electron chi connectivity index (χ3n) is 8.07. The highest BCUT2D eigenvalue weighted by molar-refractivity contribution is 5.80. The van der Waals surface area contributed by atoms with Crippen molar-refractivity contribution in [2.45, 2.75) is 27.7 Å². The topological polar surface area (TPSA) is 77.3 Å². The quantitative estimate of drug-likeness (QED) is 0.190. The minimum Gasteiger partial charge on any atom is -0.224 e. The molecule has 5 aromatic carbocycles. The smallest absolute Gasteiger partial charge is 0.182 e. The van der Waals surface area contributed by atoms with Crippen LogP contribution >= 0.6 is 0 Å². The molecule has 0 amide bonds. The molecule has 0 bridgehead atoms. The first-order valence-corrected chi connectivity index (χ1v) is 15.3. The number of hydrogen-bond acceptors (Lipinski definition) is 6. The molecule has 0 radical (unpaired) electrons. The van der Waals surface area contributed by atoms with Gasteiger partial charge in [0.05, 0.1) is 0 Å². The summed E-state index contributed by atoms with van der Waals surface area (Å²) in [5, 5.41) is 18.5.